The highest BCUT2D eigenvalue weighted by molar-refractivity contribution is 5.85. The van der Waals surface area contributed by atoms with Gasteiger partial charge >= 0.3 is 5.97 Å². The molecule has 0 saturated carbocycles. The van der Waals surface area contributed by atoms with E-state index in [0.29, 0.717) is 0 Å². The SMILES string of the molecule is C=C[C@]1(O)[C@H](O)[C@@H](OC)O[C@]12C[C@H](CCCCCCCCCC)OC2=O. The molecule has 5 atom stereocenters. The van der Waals surface area contributed by atoms with Crippen LogP contribution in [0.4, 0.5) is 0 Å². The fraction of sp³-hybridized carbons (Fsp3) is 0.850. The first-order chi connectivity index (χ1) is 12.4. The lowest BCUT2D eigenvalue weighted by Gasteiger charge is -2.32. The molecule has 150 valence electrons. The van der Waals surface area contributed by atoms with Crippen molar-refractivity contribution in [2.24, 2.45) is 0 Å². The second-order valence-corrected chi connectivity index (χ2v) is 7.52. The third kappa shape index (κ3) is 3.98. The van der Waals surface area contributed by atoms with Gasteiger partial charge in [-0.2, -0.15) is 0 Å². The Bertz CT molecular complexity index is 481. The van der Waals surface area contributed by atoms with Crippen molar-refractivity contribution in [3.63, 3.8) is 0 Å². The maximum Gasteiger partial charge on any atom is 0.342 e. The number of ether oxygens (including phenoxy) is 3. The van der Waals surface area contributed by atoms with Crippen LogP contribution in [0.3, 0.4) is 0 Å². The molecule has 26 heavy (non-hydrogen) atoms. The molecule has 0 unspecified atom stereocenters. The van der Waals surface area contributed by atoms with E-state index in [4.69, 9.17) is 14.2 Å². The molecule has 2 rings (SSSR count). The summed E-state index contributed by atoms with van der Waals surface area (Å²) in [5, 5.41) is 21.1. The van der Waals surface area contributed by atoms with Crippen LogP contribution in [0.15, 0.2) is 12.7 Å². The molecular formula is C20H34O6. The predicted molar refractivity (Wildman–Crippen MR) is 97.5 cm³/mol. The summed E-state index contributed by atoms with van der Waals surface area (Å²) in [5.74, 6) is -0.650. The number of aliphatic hydroxyl groups excluding tert-OH is 1. The number of unbranched alkanes of at least 4 members (excludes halogenated alkanes) is 7. The number of methoxy groups -OCH3 is 1. The Hall–Kier alpha value is -0.950. The normalized spacial score (nSPS) is 36.6. The van der Waals surface area contributed by atoms with Crippen LogP contribution in [0.25, 0.3) is 0 Å². The first-order valence-electron chi connectivity index (χ1n) is 9.91. The summed E-state index contributed by atoms with van der Waals surface area (Å²) in [4.78, 5) is 12.5. The quantitative estimate of drug-likeness (QED) is 0.330. The third-order valence-electron chi connectivity index (χ3n) is 5.71. The Kier molecular flexibility index (Phi) is 7.64. The summed E-state index contributed by atoms with van der Waals surface area (Å²) in [7, 11) is 1.36. The molecule has 0 aromatic carbocycles. The minimum atomic E-state index is -1.92. The number of rotatable bonds is 11. The van der Waals surface area contributed by atoms with Gasteiger partial charge in [-0.05, 0) is 12.8 Å². The minimum absolute atomic E-state index is 0.196. The summed E-state index contributed by atoms with van der Waals surface area (Å²) in [6.07, 6.45) is 8.93. The van der Waals surface area contributed by atoms with Crippen molar-refractivity contribution in [1.29, 1.82) is 0 Å². The predicted octanol–water partition coefficient (Wildman–Crippen LogP) is 2.85. The number of aliphatic hydroxyl groups is 2. The van der Waals surface area contributed by atoms with Crippen LogP contribution in [0.1, 0.15) is 71.1 Å². The second kappa shape index (κ2) is 9.31. The van der Waals surface area contributed by atoms with Gasteiger partial charge < -0.3 is 24.4 Å². The lowest BCUT2D eigenvalue weighted by atomic mass is 9.78. The fourth-order valence-electron chi connectivity index (χ4n) is 4.05. The molecule has 0 bridgehead atoms. The van der Waals surface area contributed by atoms with Gasteiger partial charge in [0.25, 0.3) is 0 Å². The van der Waals surface area contributed by atoms with Gasteiger partial charge in [0.15, 0.2) is 11.9 Å². The molecule has 6 nitrogen and oxygen atoms in total. The van der Waals surface area contributed by atoms with Gasteiger partial charge in [-0.25, -0.2) is 4.79 Å². The van der Waals surface area contributed by atoms with Crippen molar-refractivity contribution in [2.45, 2.75) is 101 Å². The molecule has 2 saturated heterocycles. The summed E-state index contributed by atoms with van der Waals surface area (Å²) >= 11 is 0. The van der Waals surface area contributed by atoms with Crippen molar-refractivity contribution in [2.75, 3.05) is 7.11 Å². The van der Waals surface area contributed by atoms with Crippen LogP contribution < -0.4 is 0 Å². The average Bonchev–Trinajstić information content (AvgIpc) is 3.07. The van der Waals surface area contributed by atoms with Gasteiger partial charge in [0.05, 0.1) is 0 Å². The van der Waals surface area contributed by atoms with Crippen LogP contribution in [0, 0.1) is 0 Å². The molecular weight excluding hydrogens is 336 g/mol. The average molecular weight is 370 g/mol. The largest absolute Gasteiger partial charge is 0.460 e. The van der Waals surface area contributed by atoms with Gasteiger partial charge in [0, 0.05) is 13.5 Å². The zero-order chi connectivity index (χ0) is 19.2. The summed E-state index contributed by atoms with van der Waals surface area (Å²) in [6, 6.07) is 0. The van der Waals surface area contributed by atoms with E-state index in [2.05, 4.69) is 13.5 Å². The number of hydrogen-bond acceptors (Lipinski definition) is 6. The van der Waals surface area contributed by atoms with E-state index in [0.717, 1.165) is 25.3 Å². The zero-order valence-corrected chi connectivity index (χ0v) is 16.1. The van der Waals surface area contributed by atoms with Crippen LogP contribution in [0.5, 0.6) is 0 Å². The molecule has 1 spiro atoms. The number of hydrogen-bond donors (Lipinski definition) is 2. The van der Waals surface area contributed by atoms with Crippen LogP contribution >= 0.6 is 0 Å². The smallest absolute Gasteiger partial charge is 0.342 e. The molecule has 0 aromatic heterocycles. The molecule has 0 aromatic rings. The topological polar surface area (TPSA) is 85.2 Å². The van der Waals surface area contributed by atoms with E-state index in [1.165, 1.54) is 45.6 Å². The van der Waals surface area contributed by atoms with E-state index in [9.17, 15) is 15.0 Å². The highest BCUT2D eigenvalue weighted by Crippen LogP contribution is 2.49. The highest BCUT2D eigenvalue weighted by Gasteiger charge is 2.72. The van der Waals surface area contributed by atoms with Gasteiger partial charge in [-0.1, -0.05) is 57.9 Å². The Morgan fingerprint density at radius 3 is 2.42 bits per heavy atom. The summed E-state index contributed by atoms with van der Waals surface area (Å²) in [6.45, 7) is 5.79. The first kappa shape index (κ1) is 21.4. The standard InChI is InChI=1S/C20H34O6/c1-4-6-7-8-9-10-11-12-13-15-14-20(18(22)25-15)19(23,5-2)16(21)17(24-3)26-20/h5,15-17,21,23H,2,4,6-14H2,1,3H3/t15-,16+,17-,19-,20-/m0/s1. The molecule has 2 aliphatic rings. The Morgan fingerprint density at radius 1 is 1.23 bits per heavy atom. The van der Waals surface area contributed by atoms with E-state index < -0.39 is 29.6 Å². The maximum atomic E-state index is 12.5. The van der Waals surface area contributed by atoms with Crippen molar-refractivity contribution in [1.82, 2.24) is 0 Å². The number of carbonyl (C=O) groups excluding carboxylic acids is 1. The van der Waals surface area contributed by atoms with Gasteiger partial charge in [0.2, 0.25) is 5.60 Å². The van der Waals surface area contributed by atoms with Crippen molar-refractivity contribution < 1.29 is 29.2 Å². The Morgan fingerprint density at radius 2 is 1.85 bits per heavy atom. The van der Waals surface area contributed by atoms with Gasteiger partial charge in [-0.3, -0.25) is 0 Å². The highest BCUT2D eigenvalue weighted by atomic mass is 16.7. The van der Waals surface area contributed by atoms with Crippen molar-refractivity contribution >= 4 is 5.97 Å². The number of cyclic esters (lactones) is 1. The number of carbonyl (C=O) groups is 1. The third-order valence-corrected chi connectivity index (χ3v) is 5.71. The van der Waals surface area contributed by atoms with Gasteiger partial charge in [-0.15, -0.1) is 6.58 Å². The molecule has 2 fully saturated rings. The van der Waals surface area contributed by atoms with Crippen molar-refractivity contribution in [3.05, 3.63) is 12.7 Å². The first-order valence-corrected chi connectivity index (χ1v) is 9.91. The van der Waals surface area contributed by atoms with Crippen LogP contribution in [0.2, 0.25) is 0 Å². The van der Waals surface area contributed by atoms with Crippen LogP contribution in [-0.2, 0) is 19.0 Å². The van der Waals surface area contributed by atoms with Crippen molar-refractivity contribution in [3.8, 4) is 0 Å². The van der Waals surface area contributed by atoms with Crippen LogP contribution in [-0.4, -0.2) is 53.0 Å². The lowest BCUT2D eigenvalue weighted by molar-refractivity contribution is -0.192. The molecule has 6 heteroatoms. The molecule has 2 heterocycles. The van der Waals surface area contributed by atoms with E-state index in [1.807, 2.05) is 0 Å². The summed E-state index contributed by atoms with van der Waals surface area (Å²) < 4.78 is 16.2. The second-order valence-electron chi connectivity index (χ2n) is 7.52. The number of esters is 1. The zero-order valence-electron chi connectivity index (χ0n) is 16.1. The Labute approximate surface area is 156 Å². The fourth-order valence-corrected chi connectivity index (χ4v) is 4.05. The summed E-state index contributed by atoms with van der Waals surface area (Å²) in [5.41, 5.74) is -3.56. The molecule has 2 N–H and O–H groups in total. The Balaban J connectivity index is 1.83. The molecule has 0 aliphatic carbocycles. The van der Waals surface area contributed by atoms with E-state index in [-0.39, 0.29) is 12.5 Å². The lowest BCUT2D eigenvalue weighted by Crippen LogP contribution is -2.57. The molecule has 0 amide bonds. The monoisotopic (exact) mass is 370 g/mol. The van der Waals surface area contributed by atoms with E-state index >= 15 is 0 Å². The molecule has 2 aliphatic heterocycles. The van der Waals surface area contributed by atoms with E-state index in [1.54, 1.807) is 0 Å². The molecule has 0 radical (unpaired) electrons. The minimum Gasteiger partial charge on any atom is -0.460 e. The maximum absolute atomic E-state index is 12.5. The van der Waals surface area contributed by atoms with Gasteiger partial charge in [0.1, 0.15) is 12.2 Å².